The van der Waals surface area contributed by atoms with Gasteiger partial charge >= 0.3 is 5.97 Å². The third-order valence-electron chi connectivity index (χ3n) is 3.47. The first kappa shape index (κ1) is 16.9. The van der Waals surface area contributed by atoms with Crippen molar-refractivity contribution in [1.82, 2.24) is 0 Å². The number of ether oxygens (including phenoxy) is 4. The highest BCUT2D eigenvalue weighted by Crippen LogP contribution is 2.33. The van der Waals surface area contributed by atoms with E-state index in [-0.39, 0.29) is 18.2 Å². The largest absolute Gasteiger partial charge is 0.464 e. The number of rotatable bonds is 6. The first-order valence-electron chi connectivity index (χ1n) is 7.62. The van der Waals surface area contributed by atoms with Crippen molar-refractivity contribution >= 4 is 5.97 Å². The maximum absolute atomic E-state index is 11.8. The summed E-state index contributed by atoms with van der Waals surface area (Å²) in [4.78, 5) is 11.8. The zero-order chi connectivity index (χ0) is 16.2. The highest BCUT2D eigenvalue weighted by atomic mass is 16.7. The molecule has 0 saturated carbocycles. The molecule has 0 radical (unpaired) electrons. The molecule has 1 heterocycles. The molecule has 1 saturated heterocycles. The van der Waals surface area contributed by atoms with E-state index in [2.05, 4.69) is 0 Å². The van der Waals surface area contributed by atoms with E-state index in [9.17, 15) is 4.79 Å². The van der Waals surface area contributed by atoms with E-state index in [1.165, 1.54) is 0 Å². The van der Waals surface area contributed by atoms with Gasteiger partial charge in [-0.2, -0.15) is 0 Å². The second-order valence-electron chi connectivity index (χ2n) is 5.73. The molecular formula is C17H24O5. The molecule has 122 valence electrons. The Morgan fingerprint density at radius 2 is 2.05 bits per heavy atom. The predicted octanol–water partition coefficient (Wildman–Crippen LogP) is 2.85. The van der Waals surface area contributed by atoms with Crippen molar-refractivity contribution < 1.29 is 23.7 Å². The molecule has 5 heteroatoms. The van der Waals surface area contributed by atoms with E-state index in [0.717, 1.165) is 5.56 Å². The minimum Gasteiger partial charge on any atom is -0.464 e. The molecule has 0 bridgehead atoms. The smallest absolute Gasteiger partial charge is 0.334 e. The van der Waals surface area contributed by atoms with E-state index in [1.54, 1.807) is 13.8 Å². The molecule has 5 nitrogen and oxygen atoms in total. The Hall–Kier alpha value is -1.43. The van der Waals surface area contributed by atoms with Crippen molar-refractivity contribution in [2.75, 3.05) is 13.2 Å². The van der Waals surface area contributed by atoms with Crippen molar-refractivity contribution in [3.63, 3.8) is 0 Å². The van der Waals surface area contributed by atoms with Crippen LogP contribution < -0.4 is 0 Å². The van der Waals surface area contributed by atoms with Crippen molar-refractivity contribution in [3.8, 4) is 0 Å². The van der Waals surface area contributed by atoms with E-state index in [4.69, 9.17) is 18.9 Å². The summed E-state index contributed by atoms with van der Waals surface area (Å²) in [6.45, 7) is 7.94. The zero-order valence-corrected chi connectivity index (χ0v) is 13.6. The molecule has 0 amide bonds. The fourth-order valence-electron chi connectivity index (χ4n) is 2.42. The molecule has 0 aromatic heterocycles. The van der Waals surface area contributed by atoms with Gasteiger partial charge in [0.15, 0.2) is 11.9 Å². The fourth-order valence-corrected chi connectivity index (χ4v) is 2.42. The second-order valence-corrected chi connectivity index (χ2v) is 5.73. The summed E-state index contributed by atoms with van der Waals surface area (Å²) in [7, 11) is 0. The standard InChI is InChI=1S/C17H24O5/c1-5-19-16(18)12(2)21-15(13-9-7-6-8-10-13)14-11-20-17(3,4)22-14/h6-10,12,14-15H,5,11H2,1-4H3/t12-,14+,15+/m0/s1. The van der Waals surface area contributed by atoms with Gasteiger partial charge in [-0.05, 0) is 33.3 Å². The Kier molecular flexibility index (Phi) is 5.56. The molecule has 1 aromatic rings. The Morgan fingerprint density at radius 3 is 2.59 bits per heavy atom. The van der Waals surface area contributed by atoms with Gasteiger partial charge in [0.1, 0.15) is 12.2 Å². The highest BCUT2D eigenvalue weighted by Gasteiger charge is 2.39. The zero-order valence-electron chi connectivity index (χ0n) is 13.6. The van der Waals surface area contributed by atoms with E-state index in [0.29, 0.717) is 13.2 Å². The maximum Gasteiger partial charge on any atom is 0.334 e. The van der Waals surface area contributed by atoms with Gasteiger partial charge in [0, 0.05) is 0 Å². The molecule has 1 fully saturated rings. The van der Waals surface area contributed by atoms with Crippen LogP contribution in [0.15, 0.2) is 30.3 Å². The lowest BCUT2D eigenvalue weighted by molar-refractivity contribution is -0.176. The Labute approximate surface area is 131 Å². The number of carbonyl (C=O) groups excluding carboxylic acids is 1. The number of esters is 1. The first-order chi connectivity index (χ1) is 10.4. The van der Waals surface area contributed by atoms with Gasteiger partial charge in [0.05, 0.1) is 13.2 Å². The van der Waals surface area contributed by atoms with Gasteiger partial charge in [0.25, 0.3) is 0 Å². The summed E-state index contributed by atoms with van der Waals surface area (Å²) < 4.78 is 22.5. The molecular weight excluding hydrogens is 284 g/mol. The Bertz CT molecular complexity index is 485. The average Bonchev–Trinajstić information content (AvgIpc) is 2.85. The number of hydrogen-bond donors (Lipinski definition) is 0. The number of carbonyl (C=O) groups is 1. The van der Waals surface area contributed by atoms with Crippen LogP contribution in [-0.2, 0) is 23.7 Å². The van der Waals surface area contributed by atoms with Gasteiger partial charge in [0.2, 0.25) is 0 Å². The second kappa shape index (κ2) is 7.22. The Morgan fingerprint density at radius 1 is 1.36 bits per heavy atom. The lowest BCUT2D eigenvalue weighted by atomic mass is 10.0. The van der Waals surface area contributed by atoms with Crippen LogP contribution >= 0.6 is 0 Å². The Balaban J connectivity index is 2.14. The minimum atomic E-state index is -0.669. The molecule has 1 aliphatic heterocycles. The van der Waals surface area contributed by atoms with Crippen LogP contribution in [0.4, 0.5) is 0 Å². The normalized spacial score (nSPS) is 23.0. The molecule has 1 aliphatic rings. The van der Waals surface area contributed by atoms with Crippen LogP contribution in [0.1, 0.15) is 39.4 Å². The summed E-state index contributed by atoms with van der Waals surface area (Å²) in [5.74, 6) is -1.02. The van der Waals surface area contributed by atoms with Crippen LogP contribution in [0.2, 0.25) is 0 Å². The molecule has 2 rings (SSSR count). The summed E-state index contributed by atoms with van der Waals surface area (Å²) in [5.41, 5.74) is 0.949. The van der Waals surface area contributed by atoms with Crippen LogP contribution in [0.5, 0.6) is 0 Å². The van der Waals surface area contributed by atoms with Crippen LogP contribution in [0.3, 0.4) is 0 Å². The molecule has 0 aliphatic carbocycles. The van der Waals surface area contributed by atoms with Gasteiger partial charge in [-0.15, -0.1) is 0 Å². The quantitative estimate of drug-likeness (QED) is 0.756. The summed E-state index contributed by atoms with van der Waals surface area (Å²) >= 11 is 0. The SMILES string of the molecule is CCOC(=O)[C@H](C)O[C@H](c1ccccc1)[C@H]1COC(C)(C)O1. The monoisotopic (exact) mass is 308 g/mol. The van der Waals surface area contributed by atoms with Gasteiger partial charge in [-0.3, -0.25) is 0 Å². The van der Waals surface area contributed by atoms with Crippen molar-refractivity contribution in [2.24, 2.45) is 0 Å². The summed E-state index contributed by atoms with van der Waals surface area (Å²) in [5, 5.41) is 0. The molecule has 3 atom stereocenters. The van der Waals surface area contributed by atoms with Gasteiger partial charge in [-0.25, -0.2) is 4.79 Å². The topological polar surface area (TPSA) is 54.0 Å². The molecule has 0 spiro atoms. The third-order valence-corrected chi connectivity index (χ3v) is 3.47. The first-order valence-corrected chi connectivity index (χ1v) is 7.62. The molecule has 0 unspecified atom stereocenters. The van der Waals surface area contributed by atoms with E-state index >= 15 is 0 Å². The lowest BCUT2D eigenvalue weighted by Crippen LogP contribution is -2.32. The number of hydrogen-bond acceptors (Lipinski definition) is 5. The lowest BCUT2D eigenvalue weighted by Gasteiger charge is -2.27. The van der Waals surface area contributed by atoms with Crippen LogP contribution in [0.25, 0.3) is 0 Å². The van der Waals surface area contributed by atoms with Crippen LogP contribution in [-0.4, -0.2) is 37.2 Å². The van der Waals surface area contributed by atoms with Gasteiger partial charge < -0.3 is 18.9 Å². The molecule has 1 aromatic carbocycles. The van der Waals surface area contributed by atoms with E-state index in [1.807, 2.05) is 44.2 Å². The summed E-state index contributed by atoms with van der Waals surface area (Å²) in [6, 6.07) is 9.71. The number of benzene rings is 1. The molecule has 0 N–H and O–H groups in total. The average molecular weight is 308 g/mol. The summed E-state index contributed by atoms with van der Waals surface area (Å²) in [6.07, 6.45) is -1.32. The minimum absolute atomic E-state index is 0.269. The predicted molar refractivity (Wildman–Crippen MR) is 81.3 cm³/mol. The third kappa shape index (κ3) is 4.29. The van der Waals surface area contributed by atoms with Crippen molar-refractivity contribution in [2.45, 2.75) is 51.8 Å². The maximum atomic E-state index is 11.8. The molecule has 22 heavy (non-hydrogen) atoms. The fraction of sp³-hybridized carbons (Fsp3) is 0.588. The van der Waals surface area contributed by atoms with Crippen molar-refractivity contribution in [3.05, 3.63) is 35.9 Å². The van der Waals surface area contributed by atoms with Crippen molar-refractivity contribution in [1.29, 1.82) is 0 Å². The highest BCUT2D eigenvalue weighted by molar-refractivity contribution is 5.74. The van der Waals surface area contributed by atoms with E-state index < -0.39 is 11.9 Å². The van der Waals surface area contributed by atoms with Gasteiger partial charge in [-0.1, -0.05) is 30.3 Å². The van der Waals surface area contributed by atoms with Crippen LogP contribution in [0, 0.1) is 0 Å².